The van der Waals surface area contributed by atoms with Crippen LogP contribution in [0.25, 0.3) is 0 Å². The van der Waals surface area contributed by atoms with Crippen molar-refractivity contribution < 1.29 is 9.90 Å². The average molecular weight is 234 g/mol. The van der Waals surface area contributed by atoms with Crippen LogP contribution in [0.4, 0.5) is 0 Å². The molecule has 1 aliphatic carbocycles. The first-order valence-corrected chi connectivity index (χ1v) is 6.05. The van der Waals surface area contributed by atoms with Crippen molar-refractivity contribution in [3.05, 3.63) is 29.6 Å². The summed E-state index contributed by atoms with van der Waals surface area (Å²) in [7, 11) is 1.86. The normalized spacial score (nSPS) is 16.1. The summed E-state index contributed by atoms with van der Waals surface area (Å²) in [5.74, 6) is 0.0222. The first-order valence-electron chi connectivity index (χ1n) is 6.05. The molecule has 0 spiro atoms. The summed E-state index contributed by atoms with van der Waals surface area (Å²) >= 11 is 0. The molecule has 0 radical (unpaired) electrons. The van der Waals surface area contributed by atoms with Gasteiger partial charge in [-0.3, -0.25) is 9.78 Å². The third-order valence-electron chi connectivity index (χ3n) is 3.42. The van der Waals surface area contributed by atoms with Crippen molar-refractivity contribution in [2.45, 2.75) is 38.3 Å². The summed E-state index contributed by atoms with van der Waals surface area (Å²) in [4.78, 5) is 18.0. The molecular formula is C13H18N2O2. The van der Waals surface area contributed by atoms with Gasteiger partial charge in [0, 0.05) is 24.8 Å². The number of carbonyl (C=O) groups excluding carboxylic acids is 1. The zero-order valence-corrected chi connectivity index (χ0v) is 10.1. The van der Waals surface area contributed by atoms with Crippen LogP contribution < -0.4 is 0 Å². The number of aromatic nitrogens is 1. The van der Waals surface area contributed by atoms with Gasteiger partial charge < -0.3 is 10.0 Å². The maximum atomic E-state index is 12.2. The summed E-state index contributed by atoms with van der Waals surface area (Å²) in [5.41, 5.74) is 1.15. The number of rotatable bonds is 3. The van der Waals surface area contributed by atoms with Gasteiger partial charge in [0.25, 0.3) is 5.91 Å². The molecule has 1 amide bonds. The third-order valence-corrected chi connectivity index (χ3v) is 3.42. The Bertz CT molecular complexity index is 400. The van der Waals surface area contributed by atoms with E-state index in [0.717, 1.165) is 12.8 Å². The van der Waals surface area contributed by atoms with Crippen LogP contribution in [0.2, 0.25) is 0 Å². The highest BCUT2D eigenvalue weighted by Crippen LogP contribution is 2.23. The van der Waals surface area contributed by atoms with E-state index in [1.54, 1.807) is 18.3 Å². The highest BCUT2D eigenvalue weighted by molar-refractivity contribution is 5.94. The molecule has 1 saturated carbocycles. The van der Waals surface area contributed by atoms with Gasteiger partial charge in [0.1, 0.15) is 0 Å². The molecule has 0 unspecified atom stereocenters. The van der Waals surface area contributed by atoms with Gasteiger partial charge in [-0.2, -0.15) is 0 Å². The first-order chi connectivity index (χ1) is 8.22. The van der Waals surface area contributed by atoms with Gasteiger partial charge in [-0.1, -0.05) is 12.8 Å². The second-order valence-electron chi connectivity index (χ2n) is 4.55. The van der Waals surface area contributed by atoms with E-state index in [2.05, 4.69) is 4.98 Å². The monoisotopic (exact) mass is 234 g/mol. The van der Waals surface area contributed by atoms with Gasteiger partial charge in [-0.25, -0.2) is 0 Å². The SMILES string of the molecule is CN(C(=O)c1ccnc(CO)c1)C1CCCC1. The Morgan fingerprint density at radius 1 is 1.53 bits per heavy atom. The van der Waals surface area contributed by atoms with Crippen molar-refractivity contribution in [2.24, 2.45) is 0 Å². The predicted molar refractivity (Wildman–Crippen MR) is 64.5 cm³/mol. The van der Waals surface area contributed by atoms with Crippen LogP contribution in [0.5, 0.6) is 0 Å². The molecule has 1 aromatic rings. The lowest BCUT2D eigenvalue weighted by atomic mass is 10.1. The van der Waals surface area contributed by atoms with E-state index in [0.29, 0.717) is 17.3 Å². The molecule has 1 fully saturated rings. The molecule has 0 saturated heterocycles. The Morgan fingerprint density at radius 2 is 2.24 bits per heavy atom. The van der Waals surface area contributed by atoms with E-state index in [9.17, 15) is 4.79 Å². The second-order valence-corrected chi connectivity index (χ2v) is 4.55. The molecule has 1 heterocycles. The van der Waals surface area contributed by atoms with E-state index in [-0.39, 0.29) is 12.5 Å². The van der Waals surface area contributed by atoms with Crippen molar-refractivity contribution in [2.75, 3.05) is 7.05 Å². The fourth-order valence-electron chi connectivity index (χ4n) is 2.36. The molecule has 1 N–H and O–H groups in total. The largest absolute Gasteiger partial charge is 0.390 e. The van der Waals surface area contributed by atoms with Crippen molar-refractivity contribution in [3.8, 4) is 0 Å². The highest BCUT2D eigenvalue weighted by atomic mass is 16.3. The van der Waals surface area contributed by atoms with Crippen molar-refractivity contribution in [1.82, 2.24) is 9.88 Å². The molecule has 4 heteroatoms. The summed E-state index contributed by atoms with van der Waals surface area (Å²) in [6.07, 6.45) is 6.18. The Kier molecular flexibility index (Phi) is 3.74. The van der Waals surface area contributed by atoms with E-state index >= 15 is 0 Å². The molecule has 0 bridgehead atoms. The fourth-order valence-corrected chi connectivity index (χ4v) is 2.36. The quantitative estimate of drug-likeness (QED) is 0.864. The van der Waals surface area contributed by atoms with Crippen LogP contribution in [0.1, 0.15) is 41.7 Å². The van der Waals surface area contributed by atoms with Crippen LogP contribution in [0, 0.1) is 0 Å². The molecule has 4 nitrogen and oxygen atoms in total. The van der Waals surface area contributed by atoms with Gasteiger partial charge in [-0.05, 0) is 25.0 Å². The fraction of sp³-hybridized carbons (Fsp3) is 0.538. The molecule has 1 aliphatic rings. The topological polar surface area (TPSA) is 53.4 Å². The van der Waals surface area contributed by atoms with E-state index in [4.69, 9.17) is 5.11 Å². The summed E-state index contributed by atoms with van der Waals surface area (Å²) in [5, 5.41) is 9.01. The maximum Gasteiger partial charge on any atom is 0.253 e. The second kappa shape index (κ2) is 5.27. The lowest BCUT2D eigenvalue weighted by molar-refractivity contribution is 0.0735. The molecule has 0 aromatic carbocycles. The first kappa shape index (κ1) is 12.0. The zero-order chi connectivity index (χ0) is 12.3. The molecule has 1 aromatic heterocycles. The molecule has 0 aliphatic heterocycles. The molecular weight excluding hydrogens is 216 g/mol. The van der Waals surface area contributed by atoms with Crippen LogP contribution in [-0.2, 0) is 6.61 Å². The minimum Gasteiger partial charge on any atom is -0.390 e. The highest BCUT2D eigenvalue weighted by Gasteiger charge is 2.24. The number of aliphatic hydroxyl groups excluding tert-OH is 1. The minimum absolute atomic E-state index is 0.0222. The summed E-state index contributed by atoms with van der Waals surface area (Å²) < 4.78 is 0. The maximum absolute atomic E-state index is 12.2. The van der Waals surface area contributed by atoms with Gasteiger partial charge in [0.15, 0.2) is 0 Å². The van der Waals surface area contributed by atoms with Gasteiger partial charge in [-0.15, -0.1) is 0 Å². The standard InChI is InChI=1S/C13H18N2O2/c1-15(12-4-2-3-5-12)13(17)10-6-7-14-11(8-10)9-16/h6-8,12,16H,2-5,9H2,1H3. The van der Waals surface area contributed by atoms with Crippen LogP contribution in [-0.4, -0.2) is 34.0 Å². The number of hydrogen-bond donors (Lipinski definition) is 1. The predicted octanol–water partition coefficient (Wildman–Crippen LogP) is 1.59. The van der Waals surface area contributed by atoms with Crippen molar-refractivity contribution in [3.63, 3.8) is 0 Å². The number of hydrogen-bond acceptors (Lipinski definition) is 3. The smallest absolute Gasteiger partial charge is 0.253 e. The Balaban J connectivity index is 2.12. The van der Waals surface area contributed by atoms with Crippen molar-refractivity contribution in [1.29, 1.82) is 0 Å². The minimum atomic E-state index is -0.131. The lowest BCUT2D eigenvalue weighted by Gasteiger charge is -2.24. The Morgan fingerprint density at radius 3 is 2.88 bits per heavy atom. The van der Waals surface area contributed by atoms with Crippen LogP contribution >= 0.6 is 0 Å². The van der Waals surface area contributed by atoms with Crippen LogP contribution in [0.3, 0.4) is 0 Å². The van der Waals surface area contributed by atoms with Gasteiger partial charge in [0.2, 0.25) is 0 Å². The molecule has 2 rings (SSSR count). The van der Waals surface area contributed by atoms with Crippen LogP contribution in [0.15, 0.2) is 18.3 Å². The average Bonchev–Trinajstić information content (AvgIpc) is 2.91. The Hall–Kier alpha value is -1.42. The molecule has 0 atom stereocenters. The van der Waals surface area contributed by atoms with E-state index in [1.807, 2.05) is 11.9 Å². The number of carbonyl (C=O) groups is 1. The lowest BCUT2D eigenvalue weighted by Crippen LogP contribution is -2.35. The van der Waals surface area contributed by atoms with Crippen molar-refractivity contribution >= 4 is 5.91 Å². The van der Waals surface area contributed by atoms with E-state index in [1.165, 1.54) is 12.8 Å². The zero-order valence-electron chi connectivity index (χ0n) is 10.1. The summed E-state index contributed by atoms with van der Waals surface area (Å²) in [6.45, 7) is -0.131. The number of pyridine rings is 1. The number of aliphatic hydroxyl groups is 1. The molecule has 17 heavy (non-hydrogen) atoms. The van der Waals surface area contributed by atoms with Gasteiger partial charge >= 0.3 is 0 Å². The summed E-state index contributed by atoms with van der Waals surface area (Å²) in [6, 6.07) is 3.73. The molecule has 92 valence electrons. The third kappa shape index (κ3) is 2.64. The van der Waals surface area contributed by atoms with Gasteiger partial charge in [0.05, 0.1) is 12.3 Å². The number of nitrogens with zero attached hydrogens (tertiary/aromatic N) is 2. The van der Waals surface area contributed by atoms with E-state index < -0.39 is 0 Å². The Labute approximate surface area is 101 Å². The number of amides is 1.